The lowest BCUT2D eigenvalue weighted by Crippen LogP contribution is -2.50. The number of carbonyl (C=O) groups is 3. The van der Waals surface area contributed by atoms with Crippen LogP contribution in [0, 0.1) is 11.8 Å². The zero-order valence-electron chi connectivity index (χ0n) is 11.6. The quantitative estimate of drug-likeness (QED) is 0.690. The summed E-state index contributed by atoms with van der Waals surface area (Å²) in [6.07, 6.45) is 1.40. The van der Waals surface area contributed by atoms with E-state index in [9.17, 15) is 14.4 Å². The van der Waals surface area contributed by atoms with Crippen molar-refractivity contribution in [2.24, 2.45) is 11.8 Å². The number of halogens is 1. The van der Waals surface area contributed by atoms with E-state index in [1.54, 1.807) is 0 Å². The van der Waals surface area contributed by atoms with Crippen LogP contribution < -0.4 is 10.6 Å². The summed E-state index contributed by atoms with van der Waals surface area (Å²) in [5, 5.41) is 14.0. The lowest BCUT2D eigenvalue weighted by molar-refractivity contribution is -0.139. The second-order valence-corrected chi connectivity index (χ2v) is 6.71. The van der Waals surface area contributed by atoms with Gasteiger partial charge < -0.3 is 10.4 Å². The molecule has 1 aromatic rings. The van der Waals surface area contributed by atoms with Gasteiger partial charge in [0, 0.05) is 10.4 Å². The highest BCUT2D eigenvalue weighted by Crippen LogP contribution is 2.49. The first-order valence-electron chi connectivity index (χ1n) is 7.03. The van der Waals surface area contributed by atoms with Crippen LogP contribution in [0.4, 0.5) is 4.79 Å². The molecule has 3 unspecified atom stereocenters. The Bertz CT molecular complexity index is 645. The molecule has 1 aliphatic carbocycles. The van der Waals surface area contributed by atoms with Gasteiger partial charge in [0.15, 0.2) is 0 Å². The van der Waals surface area contributed by atoms with Gasteiger partial charge in [-0.3, -0.25) is 14.9 Å². The summed E-state index contributed by atoms with van der Waals surface area (Å²) in [6, 6.07) is 7.15. The predicted molar refractivity (Wildman–Crippen MR) is 81.1 cm³/mol. The molecule has 1 saturated heterocycles. The molecule has 6 nitrogen and oxygen atoms in total. The van der Waals surface area contributed by atoms with E-state index in [1.807, 2.05) is 24.3 Å². The number of benzene rings is 1. The lowest BCUT2D eigenvalue weighted by atomic mass is 9.85. The SMILES string of the molecule is O=C1NC(=O)C(CCc2ccc(Br)cc2)(C2CC2C(=O)O)N1. The van der Waals surface area contributed by atoms with E-state index in [2.05, 4.69) is 26.6 Å². The van der Waals surface area contributed by atoms with E-state index < -0.39 is 29.4 Å². The second kappa shape index (κ2) is 5.39. The van der Waals surface area contributed by atoms with Crippen molar-refractivity contribution >= 4 is 33.8 Å². The summed E-state index contributed by atoms with van der Waals surface area (Å²) in [5.41, 5.74) is -0.0724. The van der Waals surface area contributed by atoms with Gasteiger partial charge in [0.1, 0.15) is 5.54 Å². The summed E-state index contributed by atoms with van der Waals surface area (Å²) < 4.78 is 0.964. The number of aliphatic carboxylic acids is 1. The van der Waals surface area contributed by atoms with Crippen molar-refractivity contribution in [2.45, 2.75) is 24.8 Å². The van der Waals surface area contributed by atoms with Crippen LogP contribution in [0.5, 0.6) is 0 Å². The Morgan fingerprint density at radius 1 is 1.32 bits per heavy atom. The van der Waals surface area contributed by atoms with Crippen molar-refractivity contribution in [2.75, 3.05) is 0 Å². The maximum Gasteiger partial charge on any atom is 0.322 e. The van der Waals surface area contributed by atoms with Crippen LogP contribution in [0.3, 0.4) is 0 Å². The van der Waals surface area contributed by atoms with Crippen molar-refractivity contribution in [3.05, 3.63) is 34.3 Å². The molecule has 22 heavy (non-hydrogen) atoms. The van der Waals surface area contributed by atoms with Crippen LogP contribution in [0.1, 0.15) is 18.4 Å². The lowest BCUT2D eigenvalue weighted by Gasteiger charge is -2.26. The summed E-state index contributed by atoms with van der Waals surface area (Å²) in [4.78, 5) is 34.9. The van der Waals surface area contributed by atoms with E-state index in [1.165, 1.54) is 0 Å². The van der Waals surface area contributed by atoms with Crippen molar-refractivity contribution in [1.82, 2.24) is 10.6 Å². The zero-order valence-corrected chi connectivity index (χ0v) is 13.2. The fourth-order valence-electron chi connectivity index (χ4n) is 3.13. The maximum absolute atomic E-state index is 12.2. The van der Waals surface area contributed by atoms with E-state index in [-0.39, 0.29) is 5.92 Å². The summed E-state index contributed by atoms with van der Waals surface area (Å²) >= 11 is 3.36. The van der Waals surface area contributed by atoms with Crippen molar-refractivity contribution < 1.29 is 19.5 Å². The summed E-state index contributed by atoms with van der Waals surface area (Å²) in [6.45, 7) is 0. The number of aryl methyl sites for hydroxylation is 1. The Morgan fingerprint density at radius 2 is 2.00 bits per heavy atom. The first-order valence-corrected chi connectivity index (χ1v) is 7.82. The zero-order chi connectivity index (χ0) is 15.9. The highest BCUT2D eigenvalue weighted by Gasteiger charge is 2.62. The Kier molecular flexibility index (Phi) is 3.68. The highest BCUT2D eigenvalue weighted by molar-refractivity contribution is 9.10. The molecule has 3 amide bonds. The summed E-state index contributed by atoms with van der Waals surface area (Å²) in [5.74, 6) is -2.23. The van der Waals surface area contributed by atoms with Gasteiger partial charge in [-0.25, -0.2) is 4.79 Å². The molecule has 0 spiro atoms. The molecule has 2 fully saturated rings. The molecular weight excluding hydrogens is 352 g/mol. The van der Waals surface area contributed by atoms with Gasteiger partial charge in [0.05, 0.1) is 5.92 Å². The molecule has 2 aliphatic rings. The fraction of sp³-hybridized carbons (Fsp3) is 0.400. The molecule has 116 valence electrons. The van der Waals surface area contributed by atoms with Crippen LogP contribution in [0.25, 0.3) is 0 Å². The largest absolute Gasteiger partial charge is 0.481 e. The second-order valence-electron chi connectivity index (χ2n) is 5.79. The minimum Gasteiger partial charge on any atom is -0.481 e. The topological polar surface area (TPSA) is 95.5 Å². The number of carboxylic acids is 1. The number of amides is 3. The van der Waals surface area contributed by atoms with E-state index in [4.69, 9.17) is 5.11 Å². The van der Waals surface area contributed by atoms with Gasteiger partial charge in [-0.15, -0.1) is 0 Å². The van der Waals surface area contributed by atoms with Gasteiger partial charge in [0.2, 0.25) is 0 Å². The minimum atomic E-state index is -1.10. The number of carbonyl (C=O) groups excluding carboxylic acids is 2. The monoisotopic (exact) mass is 366 g/mol. The fourth-order valence-corrected chi connectivity index (χ4v) is 3.40. The van der Waals surface area contributed by atoms with Gasteiger partial charge in [-0.05, 0) is 37.0 Å². The number of carboxylic acid groups (broad SMARTS) is 1. The molecule has 7 heteroatoms. The Morgan fingerprint density at radius 3 is 2.50 bits per heavy atom. The third kappa shape index (κ3) is 2.61. The Labute approximate surface area is 135 Å². The number of rotatable bonds is 5. The molecule has 1 saturated carbocycles. The minimum absolute atomic E-state index is 0.341. The highest BCUT2D eigenvalue weighted by atomic mass is 79.9. The first kappa shape index (κ1) is 15.0. The number of imide groups is 1. The van der Waals surface area contributed by atoms with Crippen molar-refractivity contribution in [3.8, 4) is 0 Å². The van der Waals surface area contributed by atoms with Crippen molar-refractivity contribution in [1.29, 1.82) is 0 Å². The van der Waals surface area contributed by atoms with E-state index >= 15 is 0 Å². The number of hydrogen-bond acceptors (Lipinski definition) is 3. The summed E-state index contributed by atoms with van der Waals surface area (Å²) in [7, 11) is 0. The Hall–Kier alpha value is -1.89. The van der Waals surface area contributed by atoms with Gasteiger partial charge >= 0.3 is 12.0 Å². The smallest absolute Gasteiger partial charge is 0.322 e. The standard InChI is InChI=1S/C15H15BrN2O4/c16-9-3-1-8(2-4-9)5-6-15(11-7-10(11)12(19)20)13(21)17-14(22)18-15/h1-4,10-11H,5-7H2,(H,19,20)(H2,17,18,21,22). The third-order valence-corrected chi connectivity index (χ3v) is 4.96. The molecular formula is C15H15BrN2O4. The first-order chi connectivity index (χ1) is 10.4. The van der Waals surface area contributed by atoms with Crippen LogP contribution in [-0.2, 0) is 16.0 Å². The molecule has 3 rings (SSSR count). The molecule has 0 aromatic heterocycles. The third-order valence-electron chi connectivity index (χ3n) is 4.43. The van der Waals surface area contributed by atoms with Crippen LogP contribution >= 0.6 is 15.9 Å². The van der Waals surface area contributed by atoms with Crippen LogP contribution in [-0.4, -0.2) is 28.6 Å². The molecule has 3 atom stereocenters. The molecule has 0 bridgehead atoms. The molecule has 1 aromatic carbocycles. The molecule has 1 heterocycles. The number of hydrogen-bond donors (Lipinski definition) is 3. The number of urea groups is 1. The molecule has 0 radical (unpaired) electrons. The van der Waals surface area contributed by atoms with Gasteiger partial charge in [-0.1, -0.05) is 28.1 Å². The normalized spacial score (nSPS) is 29.9. The molecule has 1 aliphatic heterocycles. The van der Waals surface area contributed by atoms with Crippen LogP contribution in [0.15, 0.2) is 28.7 Å². The van der Waals surface area contributed by atoms with Gasteiger partial charge in [0.25, 0.3) is 5.91 Å². The maximum atomic E-state index is 12.2. The Balaban J connectivity index is 1.78. The number of nitrogens with one attached hydrogen (secondary N) is 2. The van der Waals surface area contributed by atoms with E-state index in [0.29, 0.717) is 19.3 Å². The van der Waals surface area contributed by atoms with E-state index in [0.717, 1.165) is 10.0 Å². The van der Waals surface area contributed by atoms with Crippen LogP contribution in [0.2, 0.25) is 0 Å². The average Bonchev–Trinajstić information content (AvgIpc) is 3.21. The van der Waals surface area contributed by atoms with Crippen molar-refractivity contribution in [3.63, 3.8) is 0 Å². The predicted octanol–water partition coefficient (Wildman–Crippen LogP) is 1.68. The van der Waals surface area contributed by atoms with Gasteiger partial charge in [-0.2, -0.15) is 0 Å². The molecule has 3 N–H and O–H groups in total. The average molecular weight is 367 g/mol.